The SMILES string of the molecule is Cc1ccccc1CN(C(=O)CCc1ccc2c(c1)OCCO2)C(Cc1ccccc1)C(=O)NC(C)(C)C. The van der Waals surface area contributed by atoms with Crippen LogP contribution in [0.25, 0.3) is 0 Å². The van der Waals surface area contributed by atoms with Crippen LogP contribution in [0.15, 0.2) is 72.8 Å². The molecule has 6 heteroatoms. The van der Waals surface area contributed by atoms with Gasteiger partial charge in [0, 0.05) is 24.9 Å². The quantitative estimate of drug-likeness (QED) is 0.423. The Kier molecular flexibility index (Phi) is 8.72. The van der Waals surface area contributed by atoms with Gasteiger partial charge in [-0.1, -0.05) is 60.7 Å². The molecule has 3 aromatic carbocycles. The van der Waals surface area contributed by atoms with Gasteiger partial charge < -0.3 is 19.7 Å². The van der Waals surface area contributed by atoms with Gasteiger partial charge >= 0.3 is 0 Å². The molecule has 4 rings (SSSR count). The van der Waals surface area contributed by atoms with Gasteiger partial charge in [0.25, 0.3) is 0 Å². The molecule has 0 spiro atoms. The summed E-state index contributed by atoms with van der Waals surface area (Å²) in [5.41, 5.74) is 3.70. The average molecular weight is 515 g/mol. The second-order valence-corrected chi connectivity index (χ2v) is 10.9. The zero-order chi connectivity index (χ0) is 27.1. The van der Waals surface area contributed by atoms with Crippen LogP contribution >= 0.6 is 0 Å². The number of nitrogens with one attached hydrogen (secondary N) is 1. The van der Waals surface area contributed by atoms with E-state index in [1.54, 1.807) is 4.90 Å². The maximum Gasteiger partial charge on any atom is 0.243 e. The molecule has 0 aromatic heterocycles. The van der Waals surface area contributed by atoms with Crippen LogP contribution in [-0.4, -0.2) is 41.5 Å². The fraction of sp³-hybridized carbons (Fsp3) is 0.375. The summed E-state index contributed by atoms with van der Waals surface area (Å²) in [5, 5.41) is 3.12. The lowest BCUT2D eigenvalue weighted by Gasteiger charge is -2.34. The van der Waals surface area contributed by atoms with Gasteiger partial charge in [0.1, 0.15) is 19.3 Å². The van der Waals surface area contributed by atoms with Gasteiger partial charge in [-0.3, -0.25) is 9.59 Å². The van der Waals surface area contributed by atoms with Gasteiger partial charge in [0.05, 0.1) is 0 Å². The molecular formula is C32H38N2O4. The Balaban J connectivity index is 1.62. The predicted octanol–water partition coefficient (Wildman–Crippen LogP) is 5.25. The van der Waals surface area contributed by atoms with Gasteiger partial charge in [-0.25, -0.2) is 0 Å². The zero-order valence-electron chi connectivity index (χ0n) is 22.8. The number of carbonyl (C=O) groups is 2. The molecule has 38 heavy (non-hydrogen) atoms. The van der Waals surface area contributed by atoms with E-state index in [4.69, 9.17) is 9.47 Å². The van der Waals surface area contributed by atoms with E-state index in [0.717, 1.165) is 28.0 Å². The minimum Gasteiger partial charge on any atom is -0.486 e. The topological polar surface area (TPSA) is 67.9 Å². The minimum absolute atomic E-state index is 0.0619. The molecule has 0 radical (unpaired) electrons. The number of fused-ring (bicyclic) bond motifs is 1. The van der Waals surface area contributed by atoms with E-state index in [1.165, 1.54) is 0 Å². The minimum atomic E-state index is -0.649. The summed E-state index contributed by atoms with van der Waals surface area (Å²) in [6, 6.07) is 23.1. The molecule has 0 saturated heterocycles. The van der Waals surface area contributed by atoms with Gasteiger partial charge in [0.2, 0.25) is 11.8 Å². The summed E-state index contributed by atoms with van der Waals surface area (Å²) < 4.78 is 11.3. The van der Waals surface area contributed by atoms with Crippen molar-refractivity contribution in [2.45, 2.75) is 65.1 Å². The monoisotopic (exact) mass is 514 g/mol. The maximum absolute atomic E-state index is 13.9. The van der Waals surface area contributed by atoms with Crippen LogP contribution in [0.2, 0.25) is 0 Å². The van der Waals surface area contributed by atoms with Crippen molar-refractivity contribution in [3.05, 3.63) is 95.1 Å². The summed E-state index contributed by atoms with van der Waals surface area (Å²) in [6.07, 6.45) is 1.25. The molecule has 0 aliphatic carbocycles. The van der Waals surface area contributed by atoms with E-state index in [0.29, 0.717) is 38.3 Å². The normalized spacial score (nSPS) is 13.5. The van der Waals surface area contributed by atoms with E-state index in [2.05, 4.69) is 5.32 Å². The van der Waals surface area contributed by atoms with Crippen LogP contribution in [0.5, 0.6) is 11.5 Å². The molecule has 0 fully saturated rings. The summed E-state index contributed by atoms with van der Waals surface area (Å²) >= 11 is 0. The van der Waals surface area contributed by atoms with Gasteiger partial charge in [-0.15, -0.1) is 0 Å². The van der Waals surface area contributed by atoms with Crippen molar-refractivity contribution in [3.8, 4) is 11.5 Å². The Morgan fingerprint density at radius 1 is 0.895 bits per heavy atom. The molecular weight excluding hydrogens is 476 g/mol. The predicted molar refractivity (Wildman–Crippen MR) is 149 cm³/mol. The van der Waals surface area contributed by atoms with Crippen molar-refractivity contribution in [2.75, 3.05) is 13.2 Å². The summed E-state index contributed by atoms with van der Waals surface area (Å²) in [7, 11) is 0. The standard InChI is InChI=1S/C32H38N2O4/c1-23-10-8-9-13-26(23)22-34(27(31(36)33-32(2,3)4)20-24-11-6-5-7-12-24)30(35)17-15-25-14-16-28-29(21-25)38-19-18-37-28/h5-14,16,21,27H,15,17-20,22H2,1-4H3,(H,33,36). The van der Waals surface area contributed by atoms with E-state index in [-0.39, 0.29) is 18.2 Å². The lowest BCUT2D eigenvalue weighted by Crippen LogP contribution is -2.54. The highest BCUT2D eigenvalue weighted by Gasteiger charge is 2.32. The van der Waals surface area contributed by atoms with Crippen molar-refractivity contribution < 1.29 is 19.1 Å². The van der Waals surface area contributed by atoms with Crippen molar-refractivity contribution in [2.24, 2.45) is 0 Å². The van der Waals surface area contributed by atoms with Crippen LogP contribution in [0, 0.1) is 6.92 Å². The highest BCUT2D eigenvalue weighted by Crippen LogP contribution is 2.31. The van der Waals surface area contributed by atoms with Crippen LogP contribution in [0.3, 0.4) is 0 Å². The summed E-state index contributed by atoms with van der Waals surface area (Å²) in [6.45, 7) is 9.33. The number of amides is 2. The Hall–Kier alpha value is -3.80. The number of rotatable bonds is 9. The first-order chi connectivity index (χ1) is 18.2. The Morgan fingerprint density at radius 2 is 1.58 bits per heavy atom. The molecule has 1 aliphatic rings. The first-order valence-electron chi connectivity index (χ1n) is 13.3. The number of nitrogens with zero attached hydrogens (tertiary/aromatic N) is 1. The number of ether oxygens (including phenoxy) is 2. The molecule has 1 unspecified atom stereocenters. The third-order valence-electron chi connectivity index (χ3n) is 6.61. The maximum atomic E-state index is 13.9. The first kappa shape index (κ1) is 27.2. The number of hydrogen-bond acceptors (Lipinski definition) is 4. The number of aryl methyl sites for hydroxylation is 2. The Morgan fingerprint density at radius 3 is 2.29 bits per heavy atom. The first-order valence-corrected chi connectivity index (χ1v) is 13.3. The fourth-order valence-corrected chi connectivity index (χ4v) is 4.62. The summed E-state index contributed by atoms with van der Waals surface area (Å²) in [4.78, 5) is 29.4. The lowest BCUT2D eigenvalue weighted by molar-refractivity contribution is -0.141. The third kappa shape index (κ3) is 7.37. The smallest absolute Gasteiger partial charge is 0.243 e. The largest absolute Gasteiger partial charge is 0.486 e. The highest BCUT2D eigenvalue weighted by atomic mass is 16.6. The molecule has 3 aromatic rings. The van der Waals surface area contributed by atoms with Crippen molar-refractivity contribution >= 4 is 11.8 Å². The Bertz CT molecular complexity index is 1250. The zero-order valence-corrected chi connectivity index (χ0v) is 22.8. The highest BCUT2D eigenvalue weighted by molar-refractivity contribution is 5.88. The van der Waals surface area contributed by atoms with Crippen LogP contribution in [-0.2, 0) is 29.0 Å². The number of carbonyl (C=O) groups excluding carboxylic acids is 2. The molecule has 2 amide bonds. The summed E-state index contributed by atoms with van der Waals surface area (Å²) in [5.74, 6) is 1.23. The van der Waals surface area contributed by atoms with E-state index >= 15 is 0 Å². The molecule has 0 saturated carbocycles. The Labute approximate surface area is 226 Å². The molecule has 6 nitrogen and oxygen atoms in total. The van der Waals surface area contributed by atoms with Crippen molar-refractivity contribution in [1.82, 2.24) is 10.2 Å². The fourth-order valence-electron chi connectivity index (χ4n) is 4.62. The van der Waals surface area contributed by atoms with Gasteiger partial charge in [0.15, 0.2) is 11.5 Å². The average Bonchev–Trinajstić information content (AvgIpc) is 2.89. The molecule has 1 heterocycles. The van der Waals surface area contributed by atoms with Crippen LogP contribution in [0.1, 0.15) is 49.4 Å². The lowest BCUT2D eigenvalue weighted by atomic mass is 9.99. The second kappa shape index (κ2) is 12.2. The second-order valence-electron chi connectivity index (χ2n) is 10.9. The third-order valence-corrected chi connectivity index (χ3v) is 6.61. The molecule has 1 N–H and O–H groups in total. The van der Waals surface area contributed by atoms with Crippen molar-refractivity contribution in [1.29, 1.82) is 0 Å². The number of benzene rings is 3. The molecule has 0 bridgehead atoms. The van der Waals surface area contributed by atoms with Crippen molar-refractivity contribution in [3.63, 3.8) is 0 Å². The van der Waals surface area contributed by atoms with E-state index in [9.17, 15) is 9.59 Å². The molecule has 1 atom stereocenters. The van der Waals surface area contributed by atoms with Gasteiger partial charge in [-0.05, 0) is 68.5 Å². The number of hydrogen-bond donors (Lipinski definition) is 1. The van der Waals surface area contributed by atoms with E-state index < -0.39 is 11.6 Å². The molecule has 1 aliphatic heterocycles. The van der Waals surface area contributed by atoms with Gasteiger partial charge in [-0.2, -0.15) is 0 Å². The van der Waals surface area contributed by atoms with Crippen LogP contribution < -0.4 is 14.8 Å². The molecule has 200 valence electrons. The van der Waals surface area contributed by atoms with Crippen LogP contribution in [0.4, 0.5) is 0 Å². The van der Waals surface area contributed by atoms with E-state index in [1.807, 2.05) is 100 Å².